The molecule has 120 valence electrons. The van der Waals surface area contributed by atoms with Crippen LogP contribution < -0.4 is 14.8 Å². The second-order valence-corrected chi connectivity index (χ2v) is 4.97. The van der Waals surface area contributed by atoms with Crippen LogP contribution in [0.1, 0.15) is 11.1 Å². The van der Waals surface area contributed by atoms with Crippen LogP contribution in [0.25, 0.3) is 6.08 Å². The Hall–Kier alpha value is -2.75. The minimum Gasteiger partial charge on any atom is -0.497 e. The number of carbonyl (C=O) groups excluding carboxylic acids is 1. The predicted molar refractivity (Wildman–Crippen MR) is 91.7 cm³/mol. The highest BCUT2D eigenvalue weighted by molar-refractivity contribution is 5.92. The van der Waals surface area contributed by atoms with Crippen molar-refractivity contribution in [1.29, 1.82) is 0 Å². The molecule has 0 spiro atoms. The van der Waals surface area contributed by atoms with Crippen LogP contribution in [0.3, 0.4) is 0 Å². The fourth-order valence-electron chi connectivity index (χ4n) is 2.16. The van der Waals surface area contributed by atoms with Gasteiger partial charge in [-0.1, -0.05) is 30.3 Å². The van der Waals surface area contributed by atoms with Gasteiger partial charge in [0.2, 0.25) is 5.91 Å². The minimum atomic E-state index is -0.126. The van der Waals surface area contributed by atoms with Gasteiger partial charge in [-0.3, -0.25) is 4.79 Å². The molecule has 0 radical (unpaired) electrons. The summed E-state index contributed by atoms with van der Waals surface area (Å²) in [5.41, 5.74) is 2.03. The number of amides is 1. The lowest BCUT2D eigenvalue weighted by Gasteiger charge is -2.07. The molecule has 2 aromatic carbocycles. The van der Waals surface area contributed by atoms with Crippen molar-refractivity contribution in [3.63, 3.8) is 0 Å². The van der Waals surface area contributed by atoms with Gasteiger partial charge in [-0.2, -0.15) is 0 Å². The van der Waals surface area contributed by atoms with E-state index in [2.05, 4.69) is 5.32 Å². The molecule has 1 amide bonds. The van der Waals surface area contributed by atoms with Crippen LogP contribution in [-0.2, 0) is 11.2 Å². The second-order valence-electron chi connectivity index (χ2n) is 4.97. The molecule has 0 heterocycles. The molecule has 23 heavy (non-hydrogen) atoms. The maximum absolute atomic E-state index is 11.9. The second kappa shape index (κ2) is 8.63. The van der Waals surface area contributed by atoms with E-state index in [9.17, 15) is 4.79 Å². The molecule has 0 atom stereocenters. The molecule has 0 aliphatic heterocycles. The maximum atomic E-state index is 11.9. The lowest BCUT2D eigenvalue weighted by atomic mass is 10.1. The van der Waals surface area contributed by atoms with Crippen molar-refractivity contribution in [2.75, 3.05) is 20.8 Å². The van der Waals surface area contributed by atoms with Crippen molar-refractivity contribution in [1.82, 2.24) is 5.32 Å². The van der Waals surface area contributed by atoms with Gasteiger partial charge in [0.25, 0.3) is 0 Å². The fraction of sp³-hybridized carbons (Fsp3) is 0.211. The van der Waals surface area contributed by atoms with Crippen molar-refractivity contribution in [2.45, 2.75) is 6.42 Å². The molecule has 0 aromatic heterocycles. The third-order valence-electron chi connectivity index (χ3n) is 3.41. The Balaban J connectivity index is 1.88. The molecule has 4 nitrogen and oxygen atoms in total. The minimum absolute atomic E-state index is 0.126. The Kier molecular flexibility index (Phi) is 6.24. The highest BCUT2D eigenvalue weighted by Gasteiger charge is 2.03. The first kappa shape index (κ1) is 16.6. The van der Waals surface area contributed by atoms with Crippen molar-refractivity contribution < 1.29 is 14.3 Å². The number of ether oxygens (including phenoxy) is 2. The number of nitrogens with one attached hydrogen (secondary N) is 1. The van der Waals surface area contributed by atoms with Crippen LogP contribution in [-0.4, -0.2) is 26.7 Å². The molecule has 0 bridgehead atoms. The first-order chi connectivity index (χ1) is 11.2. The van der Waals surface area contributed by atoms with Gasteiger partial charge in [-0.25, -0.2) is 0 Å². The molecular weight excluding hydrogens is 290 g/mol. The van der Waals surface area contributed by atoms with Crippen molar-refractivity contribution in [3.05, 3.63) is 65.7 Å². The SMILES string of the molecule is COc1ccc(/C=C/C(=O)NCCc2ccccc2)c(OC)c1. The monoisotopic (exact) mass is 311 g/mol. The van der Waals surface area contributed by atoms with Crippen molar-refractivity contribution in [2.24, 2.45) is 0 Å². The molecule has 0 unspecified atom stereocenters. The molecule has 1 N–H and O–H groups in total. The number of rotatable bonds is 7. The number of methoxy groups -OCH3 is 2. The van der Waals surface area contributed by atoms with E-state index in [1.54, 1.807) is 26.4 Å². The van der Waals surface area contributed by atoms with E-state index in [-0.39, 0.29) is 5.91 Å². The van der Waals surface area contributed by atoms with E-state index < -0.39 is 0 Å². The molecule has 0 aliphatic carbocycles. The number of hydrogen-bond donors (Lipinski definition) is 1. The highest BCUT2D eigenvalue weighted by atomic mass is 16.5. The van der Waals surface area contributed by atoms with Gasteiger partial charge < -0.3 is 14.8 Å². The molecule has 4 heteroatoms. The zero-order valence-corrected chi connectivity index (χ0v) is 13.4. The van der Waals surface area contributed by atoms with Gasteiger partial charge in [0.05, 0.1) is 14.2 Å². The average molecular weight is 311 g/mol. The van der Waals surface area contributed by atoms with Crippen LogP contribution in [0, 0.1) is 0 Å². The molecule has 0 saturated heterocycles. The largest absolute Gasteiger partial charge is 0.497 e. The smallest absolute Gasteiger partial charge is 0.244 e. The zero-order chi connectivity index (χ0) is 16.5. The molecule has 0 saturated carbocycles. The summed E-state index contributed by atoms with van der Waals surface area (Å²) < 4.78 is 10.4. The Bertz CT molecular complexity index is 666. The van der Waals surface area contributed by atoms with Crippen LogP contribution in [0.4, 0.5) is 0 Å². The summed E-state index contributed by atoms with van der Waals surface area (Å²) >= 11 is 0. The summed E-state index contributed by atoms with van der Waals surface area (Å²) in [5.74, 6) is 1.25. The summed E-state index contributed by atoms with van der Waals surface area (Å²) in [6.45, 7) is 0.604. The van der Waals surface area contributed by atoms with E-state index in [1.807, 2.05) is 42.5 Å². The fourth-order valence-corrected chi connectivity index (χ4v) is 2.16. The summed E-state index contributed by atoms with van der Waals surface area (Å²) in [5, 5.41) is 2.87. The number of benzene rings is 2. The Morgan fingerprint density at radius 1 is 1.09 bits per heavy atom. The topological polar surface area (TPSA) is 47.6 Å². The number of hydrogen-bond acceptors (Lipinski definition) is 3. The highest BCUT2D eigenvalue weighted by Crippen LogP contribution is 2.25. The molecular formula is C19H21NO3. The molecule has 2 rings (SSSR count). The molecule has 0 aliphatic rings. The van der Waals surface area contributed by atoms with E-state index in [4.69, 9.17) is 9.47 Å². The standard InChI is InChI=1S/C19H21NO3/c1-22-17-10-8-16(18(14-17)23-2)9-11-19(21)20-13-12-15-6-4-3-5-7-15/h3-11,14H,12-13H2,1-2H3,(H,20,21)/b11-9+. The third kappa shape index (κ3) is 5.18. The first-order valence-corrected chi connectivity index (χ1v) is 7.45. The van der Waals surface area contributed by atoms with Gasteiger partial charge >= 0.3 is 0 Å². The van der Waals surface area contributed by atoms with Crippen molar-refractivity contribution >= 4 is 12.0 Å². The van der Waals surface area contributed by atoms with E-state index >= 15 is 0 Å². The zero-order valence-electron chi connectivity index (χ0n) is 13.4. The van der Waals surface area contributed by atoms with E-state index in [1.165, 1.54) is 11.6 Å². The van der Waals surface area contributed by atoms with Crippen LogP contribution >= 0.6 is 0 Å². The van der Waals surface area contributed by atoms with Gasteiger partial charge in [0, 0.05) is 24.3 Å². The normalized spacial score (nSPS) is 10.5. The number of carbonyl (C=O) groups is 1. The Morgan fingerprint density at radius 2 is 1.87 bits per heavy atom. The lowest BCUT2D eigenvalue weighted by molar-refractivity contribution is -0.116. The molecule has 2 aromatic rings. The van der Waals surface area contributed by atoms with Gasteiger partial charge in [0.1, 0.15) is 11.5 Å². The van der Waals surface area contributed by atoms with E-state index in [0.29, 0.717) is 18.0 Å². The quantitative estimate of drug-likeness (QED) is 0.799. The van der Waals surface area contributed by atoms with Crippen molar-refractivity contribution in [3.8, 4) is 11.5 Å². The first-order valence-electron chi connectivity index (χ1n) is 7.45. The average Bonchev–Trinajstić information content (AvgIpc) is 2.60. The summed E-state index contributed by atoms with van der Waals surface area (Å²) in [4.78, 5) is 11.9. The van der Waals surface area contributed by atoms with Gasteiger partial charge in [-0.05, 0) is 30.2 Å². The third-order valence-corrected chi connectivity index (χ3v) is 3.41. The predicted octanol–water partition coefficient (Wildman–Crippen LogP) is 3.08. The van der Waals surface area contributed by atoms with Gasteiger partial charge in [0.15, 0.2) is 0 Å². The molecule has 0 fully saturated rings. The maximum Gasteiger partial charge on any atom is 0.244 e. The summed E-state index contributed by atoms with van der Waals surface area (Å²) in [7, 11) is 3.19. The summed E-state index contributed by atoms with van der Waals surface area (Å²) in [6.07, 6.45) is 4.05. The Morgan fingerprint density at radius 3 is 2.57 bits per heavy atom. The van der Waals surface area contributed by atoms with E-state index in [0.717, 1.165) is 12.0 Å². The Labute approximate surface area is 136 Å². The lowest BCUT2D eigenvalue weighted by Crippen LogP contribution is -2.23. The van der Waals surface area contributed by atoms with Crippen LogP contribution in [0.15, 0.2) is 54.6 Å². The van der Waals surface area contributed by atoms with Gasteiger partial charge in [-0.15, -0.1) is 0 Å². The summed E-state index contributed by atoms with van der Waals surface area (Å²) in [6, 6.07) is 15.5. The van der Waals surface area contributed by atoms with Crippen LogP contribution in [0.5, 0.6) is 11.5 Å². The van der Waals surface area contributed by atoms with Crippen LogP contribution in [0.2, 0.25) is 0 Å².